The number of ether oxygens (including phenoxy) is 2. The molecule has 1 heterocycles. The Labute approximate surface area is 130 Å². The Morgan fingerprint density at radius 1 is 0.667 bits per heavy atom. The monoisotopic (exact) mass is 300 g/mol. The Kier molecular flexibility index (Phi) is 5.33. The third kappa shape index (κ3) is 4.88. The van der Waals surface area contributed by atoms with Crippen molar-refractivity contribution in [3.8, 4) is 0 Å². The summed E-state index contributed by atoms with van der Waals surface area (Å²) in [6.45, 7) is 3.04. The van der Waals surface area contributed by atoms with Gasteiger partial charge in [0.25, 0.3) is 0 Å². The molecule has 1 saturated heterocycles. The van der Waals surface area contributed by atoms with Crippen LogP contribution < -0.4 is 0 Å². The average molecular weight is 300 g/mol. The Balaban J connectivity index is 1.27. The van der Waals surface area contributed by atoms with Crippen molar-refractivity contribution in [3.63, 3.8) is 0 Å². The molecule has 110 valence electrons. The van der Waals surface area contributed by atoms with Gasteiger partial charge >= 0.3 is 0 Å². The number of hydrogen-bond acceptors (Lipinski definition) is 3. The summed E-state index contributed by atoms with van der Waals surface area (Å²) < 4.78 is 11.5. The van der Waals surface area contributed by atoms with Crippen molar-refractivity contribution in [1.29, 1.82) is 0 Å². The van der Waals surface area contributed by atoms with Gasteiger partial charge in [-0.3, -0.25) is 0 Å². The van der Waals surface area contributed by atoms with Crippen LogP contribution in [0.25, 0.3) is 0 Å². The van der Waals surface area contributed by atoms with Crippen LogP contribution in [0.1, 0.15) is 11.1 Å². The molecule has 0 saturated carbocycles. The van der Waals surface area contributed by atoms with Crippen LogP contribution in [0.3, 0.4) is 0 Å². The van der Waals surface area contributed by atoms with Crippen LogP contribution in [0.15, 0.2) is 60.7 Å². The summed E-state index contributed by atoms with van der Waals surface area (Å²) >= 11 is 1.96. The third-order valence-electron chi connectivity index (χ3n) is 3.47. The Hall–Kier alpha value is -1.29. The third-order valence-corrected chi connectivity index (χ3v) is 4.79. The summed E-state index contributed by atoms with van der Waals surface area (Å²) in [4.78, 5) is 0. The molecule has 1 aliphatic heterocycles. The topological polar surface area (TPSA) is 18.5 Å². The summed E-state index contributed by atoms with van der Waals surface area (Å²) in [6, 6.07) is 20.6. The van der Waals surface area contributed by atoms with E-state index in [2.05, 4.69) is 24.3 Å². The first-order valence-corrected chi connectivity index (χ1v) is 8.25. The van der Waals surface area contributed by atoms with Gasteiger partial charge in [0, 0.05) is 10.5 Å². The maximum Gasteiger partial charge on any atom is 0.0717 e. The Morgan fingerprint density at radius 3 is 1.52 bits per heavy atom. The van der Waals surface area contributed by atoms with Gasteiger partial charge in [0.05, 0.1) is 26.4 Å². The van der Waals surface area contributed by atoms with E-state index in [9.17, 15) is 0 Å². The molecular formula is C18H20O2S. The van der Waals surface area contributed by atoms with Crippen molar-refractivity contribution in [2.75, 3.05) is 13.2 Å². The maximum absolute atomic E-state index is 5.76. The molecule has 0 N–H and O–H groups in total. The first kappa shape index (κ1) is 14.6. The van der Waals surface area contributed by atoms with E-state index in [0.29, 0.717) is 23.7 Å². The van der Waals surface area contributed by atoms with Gasteiger partial charge in [-0.25, -0.2) is 0 Å². The van der Waals surface area contributed by atoms with E-state index in [0.717, 1.165) is 13.2 Å². The highest BCUT2D eigenvalue weighted by Crippen LogP contribution is 2.41. The van der Waals surface area contributed by atoms with E-state index in [4.69, 9.17) is 9.47 Å². The smallest absolute Gasteiger partial charge is 0.0717 e. The van der Waals surface area contributed by atoms with Crippen molar-refractivity contribution >= 4 is 11.8 Å². The molecule has 2 aromatic carbocycles. The molecule has 0 amide bonds. The fraction of sp³-hybridized carbons (Fsp3) is 0.333. The van der Waals surface area contributed by atoms with Crippen molar-refractivity contribution in [1.82, 2.24) is 0 Å². The summed E-state index contributed by atoms with van der Waals surface area (Å²) in [5.74, 6) is 0. The van der Waals surface area contributed by atoms with Gasteiger partial charge in [0.2, 0.25) is 0 Å². The lowest BCUT2D eigenvalue weighted by Crippen LogP contribution is -2.09. The zero-order valence-corrected chi connectivity index (χ0v) is 12.8. The minimum atomic E-state index is 0.601. The van der Waals surface area contributed by atoms with Crippen LogP contribution in [0, 0.1) is 0 Å². The zero-order valence-electron chi connectivity index (χ0n) is 12.0. The molecule has 0 aromatic heterocycles. The van der Waals surface area contributed by atoms with Gasteiger partial charge in [-0.05, 0) is 11.1 Å². The highest BCUT2D eigenvalue weighted by Gasteiger charge is 2.38. The molecule has 2 atom stereocenters. The second-order valence-corrected chi connectivity index (χ2v) is 6.70. The molecule has 0 aliphatic carbocycles. The molecule has 0 spiro atoms. The summed E-state index contributed by atoms with van der Waals surface area (Å²) in [5.41, 5.74) is 2.47. The van der Waals surface area contributed by atoms with E-state index in [1.54, 1.807) is 0 Å². The number of hydrogen-bond donors (Lipinski definition) is 0. The number of rotatable bonds is 8. The Morgan fingerprint density at radius 2 is 1.10 bits per heavy atom. The minimum absolute atomic E-state index is 0.601. The molecular weight excluding hydrogens is 280 g/mol. The lowest BCUT2D eigenvalue weighted by Gasteiger charge is -2.04. The van der Waals surface area contributed by atoms with E-state index in [-0.39, 0.29) is 0 Å². The van der Waals surface area contributed by atoms with Crippen LogP contribution in [0.4, 0.5) is 0 Å². The first-order chi connectivity index (χ1) is 10.4. The largest absolute Gasteiger partial charge is 0.376 e. The van der Waals surface area contributed by atoms with Gasteiger partial charge in [-0.1, -0.05) is 60.7 Å². The van der Waals surface area contributed by atoms with Crippen LogP contribution in [-0.2, 0) is 22.7 Å². The van der Waals surface area contributed by atoms with Crippen molar-refractivity contribution in [3.05, 3.63) is 71.8 Å². The number of thioether (sulfide) groups is 1. The van der Waals surface area contributed by atoms with E-state index < -0.39 is 0 Å². The normalized spacial score (nSPS) is 20.4. The van der Waals surface area contributed by atoms with Crippen LogP contribution in [0.5, 0.6) is 0 Å². The van der Waals surface area contributed by atoms with Gasteiger partial charge in [0.1, 0.15) is 0 Å². The molecule has 1 aliphatic rings. The fourth-order valence-corrected chi connectivity index (χ4v) is 3.07. The maximum atomic E-state index is 5.76. The quantitative estimate of drug-likeness (QED) is 0.689. The lowest BCUT2D eigenvalue weighted by molar-refractivity contribution is 0.105. The zero-order chi connectivity index (χ0) is 14.3. The molecule has 3 rings (SSSR count). The lowest BCUT2D eigenvalue weighted by atomic mass is 10.2. The summed E-state index contributed by atoms with van der Waals surface area (Å²) in [5, 5.41) is 1.20. The standard InChI is InChI=1S/C18H20O2S/c1-3-7-15(8-4-1)11-19-13-17-18(21-17)14-20-12-16-9-5-2-6-10-16/h1-10,17-18H,11-14H2/t17-,18+. The molecule has 3 heteroatoms. The van der Waals surface area contributed by atoms with E-state index in [1.165, 1.54) is 11.1 Å². The van der Waals surface area contributed by atoms with Gasteiger partial charge in [0.15, 0.2) is 0 Å². The highest BCUT2D eigenvalue weighted by molar-refractivity contribution is 8.07. The average Bonchev–Trinajstić information content (AvgIpc) is 3.28. The molecule has 2 aromatic rings. The highest BCUT2D eigenvalue weighted by atomic mass is 32.2. The Bertz CT molecular complexity index is 480. The van der Waals surface area contributed by atoms with Crippen molar-refractivity contribution < 1.29 is 9.47 Å². The molecule has 21 heavy (non-hydrogen) atoms. The second-order valence-electron chi connectivity index (χ2n) is 5.21. The van der Waals surface area contributed by atoms with Gasteiger partial charge < -0.3 is 9.47 Å². The molecule has 1 fully saturated rings. The summed E-state index contributed by atoms with van der Waals surface area (Å²) in [6.07, 6.45) is 0. The fourth-order valence-electron chi connectivity index (χ4n) is 2.21. The predicted molar refractivity (Wildman–Crippen MR) is 87.4 cm³/mol. The van der Waals surface area contributed by atoms with Gasteiger partial charge in [-0.15, -0.1) is 11.8 Å². The van der Waals surface area contributed by atoms with E-state index in [1.807, 2.05) is 48.2 Å². The number of benzene rings is 2. The molecule has 0 bridgehead atoms. The van der Waals surface area contributed by atoms with Gasteiger partial charge in [-0.2, -0.15) is 0 Å². The van der Waals surface area contributed by atoms with Crippen LogP contribution >= 0.6 is 11.8 Å². The van der Waals surface area contributed by atoms with Crippen LogP contribution in [0.2, 0.25) is 0 Å². The van der Waals surface area contributed by atoms with Crippen molar-refractivity contribution in [2.24, 2.45) is 0 Å². The van der Waals surface area contributed by atoms with Crippen molar-refractivity contribution in [2.45, 2.75) is 23.7 Å². The first-order valence-electron chi connectivity index (χ1n) is 7.30. The molecule has 0 radical (unpaired) electrons. The van der Waals surface area contributed by atoms with E-state index >= 15 is 0 Å². The second kappa shape index (κ2) is 7.64. The summed E-state index contributed by atoms with van der Waals surface area (Å²) in [7, 11) is 0. The molecule has 2 nitrogen and oxygen atoms in total. The van der Waals surface area contributed by atoms with Crippen LogP contribution in [-0.4, -0.2) is 23.7 Å². The predicted octanol–water partition coefficient (Wildman–Crippen LogP) is 3.90. The molecule has 0 unspecified atom stereocenters. The SMILES string of the molecule is c1ccc(COC[C@@H]2S[C@@H]2COCc2ccccc2)cc1. The minimum Gasteiger partial charge on any atom is -0.376 e.